The Morgan fingerprint density at radius 3 is 2.95 bits per heavy atom. The number of carbonyl (C=O) groups is 1. The van der Waals surface area contributed by atoms with Crippen molar-refractivity contribution in [3.05, 3.63) is 29.3 Å². The first kappa shape index (κ1) is 16.1. The number of amides is 1. The van der Waals surface area contributed by atoms with Crippen LogP contribution in [0.3, 0.4) is 0 Å². The van der Waals surface area contributed by atoms with Crippen LogP contribution in [0.5, 0.6) is 5.75 Å². The number of rotatable bonds is 8. The molecule has 0 fully saturated rings. The Morgan fingerprint density at radius 1 is 1.45 bits per heavy atom. The normalized spacial score (nSPS) is 9.85. The van der Waals surface area contributed by atoms with Gasteiger partial charge in [0.1, 0.15) is 5.75 Å². The first-order valence-electron chi connectivity index (χ1n) is 6.81. The van der Waals surface area contributed by atoms with Gasteiger partial charge in [-0.3, -0.25) is 4.79 Å². The van der Waals surface area contributed by atoms with Crippen LogP contribution in [0.25, 0.3) is 0 Å². The summed E-state index contributed by atoms with van der Waals surface area (Å²) in [5.41, 5.74) is 2.08. The van der Waals surface area contributed by atoms with E-state index in [1.54, 1.807) is 0 Å². The molecule has 0 aliphatic carbocycles. The fourth-order valence-electron chi connectivity index (χ4n) is 1.80. The Kier molecular flexibility index (Phi) is 7.23. The summed E-state index contributed by atoms with van der Waals surface area (Å²) in [4.78, 5) is 11.5. The fourth-order valence-corrected chi connectivity index (χ4v) is 1.80. The van der Waals surface area contributed by atoms with Gasteiger partial charge in [0.25, 0.3) is 5.91 Å². The molecule has 0 heterocycles. The molecule has 0 radical (unpaired) electrons. The van der Waals surface area contributed by atoms with E-state index in [0.29, 0.717) is 0 Å². The van der Waals surface area contributed by atoms with Gasteiger partial charge >= 0.3 is 0 Å². The Labute approximate surface area is 120 Å². The number of hydrogen-bond donors (Lipinski definition) is 2. The maximum atomic E-state index is 11.5. The highest BCUT2D eigenvalue weighted by Gasteiger charge is 2.09. The van der Waals surface area contributed by atoms with Crippen molar-refractivity contribution in [3.8, 4) is 18.1 Å². The minimum absolute atomic E-state index is 0.0205. The predicted molar refractivity (Wildman–Crippen MR) is 80.5 cm³/mol. The maximum absolute atomic E-state index is 11.5. The molecule has 108 valence electrons. The first-order valence-corrected chi connectivity index (χ1v) is 6.81. The van der Waals surface area contributed by atoms with Gasteiger partial charge in [-0.1, -0.05) is 31.0 Å². The molecule has 4 heteroatoms. The van der Waals surface area contributed by atoms with Crippen molar-refractivity contribution in [2.45, 2.75) is 26.8 Å². The molecule has 0 atom stereocenters. The van der Waals surface area contributed by atoms with Crippen LogP contribution in [0.2, 0.25) is 0 Å². The molecule has 1 amide bonds. The van der Waals surface area contributed by atoms with Crippen molar-refractivity contribution in [2.75, 3.05) is 19.7 Å². The van der Waals surface area contributed by atoms with Crippen molar-refractivity contribution in [1.82, 2.24) is 10.6 Å². The highest BCUT2D eigenvalue weighted by atomic mass is 16.5. The van der Waals surface area contributed by atoms with Gasteiger partial charge in [0.15, 0.2) is 6.61 Å². The Balaban J connectivity index is 2.63. The van der Waals surface area contributed by atoms with E-state index in [0.717, 1.165) is 36.4 Å². The lowest BCUT2D eigenvalue weighted by Crippen LogP contribution is -2.29. The number of terminal acetylenes is 1. The van der Waals surface area contributed by atoms with Crippen LogP contribution in [0, 0.1) is 19.3 Å². The fraction of sp³-hybridized carbons (Fsp3) is 0.438. The second-order valence-corrected chi connectivity index (χ2v) is 4.51. The molecule has 0 saturated carbocycles. The van der Waals surface area contributed by atoms with Gasteiger partial charge in [-0.05, 0) is 25.5 Å². The quantitative estimate of drug-likeness (QED) is 0.559. The minimum atomic E-state index is -0.210. The summed E-state index contributed by atoms with van der Waals surface area (Å²) in [5.74, 6) is 2.92. The summed E-state index contributed by atoms with van der Waals surface area (Å²) < 4.78 is 5.64. The first-order chi connectivity index (χ1) is 9.69. The van der Waals surface area contributed by atoms with Gasteiger partial charge < -0.3 is 15.4 Å². The SMILES string of the molecule is C#CCNC(=O)COc1c(C)cccc1CNCCC. The van der Waals surface area contributed by atoms with Crippen molar-refractivity contribution in [3.63, 3.8) is 0 Å². The second-order valence-electron chi connectivity index (χ2n) is 4.51. The van der Waals surface area contributed by atoms with E-state index in [2.05, 4.69) is 23.5 Å². The van der Waals surface area contributed by atoms with E-state index in [1.807, 2.05) is 25.1 Å². The van der Waals surface area contributed by atoms with Gasteiger partial charge in [-0.15, -0.1) is 6.42 Å². The predicted octanol–water partition coefficient (Wildman–Crippen LogP) is 1.62. The zero-order valence-electron chi connectivity index (χ0n) is 12.2. The van der Waals surface area contributed by atoms with E-state index in [4.69, 9.17) is 11.2 Å². The highest BCUT2D eigenvalue weighted by Crippen LogP contribution is 2.23. The number of carbonyl (C=O) groups excluding carboxylic acids is 1. The molecule has 0 bridgehead atoms. The monoisotopic (exact) mass is 274 g/mol. The number of ether oxygens (including phenoxy) is 1. The summed E-state index contributed by atoms with van der Waals surface area (Å²) >= 11 is 0. The van der Waals surface area contributed by atoms with E-state index in [9.17, 15) is 4.79 Å². The molecule has 1 aromatic rings. The third kappa shape index (κ3) is 5.33. The molecular formula is C16H22N2O2. The number of hydrogen-bond acceptors (Lipinski definition) is 3. The molecule has 0 aromatic heterocycles. The van der Waals surface area contributed by atoms with E-state index >= 15 is 0 Å². The van der Waals surface area contributed by atoms with Crippen LogP contribution in [0.4, 0.5) is 0 Å². The van der Waals surface area contributed by atoms with Crippen molar-refractivity contribution < 1.29 is 9.53 Å². The minimum Gasteiger partial charge on any atom is -0.483 e. The van der Waals surface area contributed by atoms with Crippen LogP contribution in [0.1, 0.15) is 24.5 Å². The molecule has 0 unspecified atom stereocenters. The highest BCUT2D eigenvalue weighted by molar-refractivity contribution is 5.77. The summed E-state index contributed by atoms with van der Waals surface area (Å²) in [7, 11) is 0. The maximum Gasteiger partial charge on any atom is 0.258 e. The van der Waals surface area contributed by atoms with E-state index in [-0.39, 0.29) is 19.1 Å². The van der Waals surface area contributed by atoms with Crippen LogP contribution in [0.15, 0.2) is 18.2 Å². The zero-order valence-corrected chi connectivity index (χ0v) is 12.2. The third-order valence-electron chi connectivity index (χ3n) is 2.77. The zero-order chi connectivity index (χ0) is 14.8. The lowest BCUT2D eigenvalue weighted by molar-refractivity contribution is -0.122. The molecule has 0 aliphatic heterocycles. The number of nitrogens with one attached hydrogen (secondary N) is 2. The molecule has 2 N–H and O–H groups in total. The third-order valence-corrected chi connectivity index (χ3v) is 2.77. The van der Waals surface area contributed by atoms with Crippen LogP contribution in [-0.4, -0.2) is 25.6 Å². The summed E-state index contributed by atoms with van der Waals surface area (Å²) in [6.07, 6.45) is 6.17. The summed E-state index contributed by atoms with van der Waals surface area (Å²) in [6.45, 7) is 5.98. The molecular weight excluding hydrogens is 252 g/mol. The summed E-state index contributed by atoms with van der Waals surface area (Å²) in [5, 5.41) is 5.91. The second kappa shape index (κ2) is 9.00. The Morgan fingerprint density at radius 2 is 2.25 bits per heavy atom. The number of aryl methyl sites for hydroxylation is 1. The lowest BCUT2D eigenvalue weighted by atomic mass is 10.1. The lowest BCUT2D eigenvalue weighted by Gasteiger charge is -2.14. The average molecular weight is 274 g/mol. The Bertz CT molecular complexity index is 478. The summed E-state index contributed by atoms with van der Waals surface area (Å²) in [6, 6.07) is 5.96. The molecule has 0 saturated heterocycles. The molecule has 4 nitrogen and oxygen atoms in total. The van der Waals surface area contributed by atoms with Gasteiger partial charge in [0, 0.05) is 12.1 Å². The average Bonchev–Trinajstić information content (AvgIpc) is 2.44. The number of para-hydroxylation sites is 1. The van der Waals surface area contributed by atoms with Gasteiger partial charge in [0.2, 0.25) is 0 Å². The van der Waals surface area contributed by atoms with Gasteiger partial charge in [-0.25, -0.2) is 0 Å². The van der Waals surface area contributed by atoms with Gasteiger partial charge in [-0.2, -0.15) is 0 Å². The van der Waals surface area contributed by atoms with E-state index in [1.165, 1.54) is 0 Å². The van der Waals surface area contributed by atoms with Crippen LogP contribution in [-0.2, 0) is 11.3 Å². The van der Waals surface area contributed by atoms with Crippen molar-refractivity contribution in [2.24, 2.45) is 0 Å². The molecule has 1 rings (SSSR count). The van der Waals surface area contributed by atoms with Crippen molar-refractivity contribution in [1.29, 1.82) is 0 Å². The van der Waals surface area contributed by atoms with Crippen molar-refractivity contribution >= 4 is 5.91 Å². The van der Waals surface area contributed by atoms with E-state index < -0.39 is 0 Å². The Hall–Kier alpha value is -1.99. The van der Waals surface area contributed by atoms with Crippen LogP contribution >= 0.6 is 0 Å². The standard InChI is InChI=1S/C16H22N2O2/c1-4-9-17-11-14-8-6-7-13(3)16(14)20-12-15(19)18-10-5-2/h2,6-8,17H,4,9-12H2,1,3H3,(H,18,19). The topological polar surface area (TPSA) is 50.4 Å². The largest absolute Gasteiger partial charge is 0.483 e. The molecule has 0 aliphatic rings. The van der Waals surface area contributed by atoms with Crippen LogP contribution < -0.4 is 15.4 Å². The molecule has 1 aromatic carbocycles. The molecule has 0 spiro atoms. The smallest absolute Gasteiger partial charge is 0.258 e. The number of benzene rings is 1. The van der Waals surface area contributed by atoms with Gasteiger partial charge in [0.05, 0.1) is 6.54 Å². The molecule has 20 heavy (non-hydrogen) atoms.